The van der Waals surface area contributed by atoms with Gasteiger partial charge < -0.3 is 10.1 Å². The number of benzene rings is 1. The minimum Gasteiger partial charge on any atom is -0.469 e. The number of carbonyl (C=O) groups excluding carboxylic acids is 1. The molecule has 0 saturated heterocycles. The molecule has 24 heavy (non-hydrogen) atoms. The third-order valence-electron chi connectivity index (χ3n) is 5.92. The summed E-state index contributed by atoms with van der Waals surface area (Å²) < 4.78 is 5.91. The lowest BCUT2D eigenvalue weighted by Crippen LogP contribution is -2.38. The van der Waals surface area contributed by atoms with Crippen molar-refractivity contribution in [2.45, 2.75) is 57.5 Å². The Morgan fingerprint density at radius 3 is 2.71 bits per heavy atom. The molecule has 0 aliphatic heterocycles. The van der Waals surface area contributed by atoms with Crippen molar-refractivity contribution in [1.29, 1.82) is 0 Å². The molecule has 3 rings (SSSR count). The molecule has 0 radical (unpaired) electrons. The van der Waals surface area contributed by atoms with Crippen LogP contribution in [0.1, 0.15) is 50.5 Å². The van der Waals surface area contributed by atoms with Gasteiger partial charge in [0.25, 0.3) is 0 Å². The summed E-state index contributed by atoms with van der Waals surface area (Å²) >= 11 is 3.54. The number of nitrogens with one attached hydrogen (secondary N) is 1. The summed E-state index contributed by atoms with van der Waals surface area (Å²) in [5.74, 6) is 2.47. The third-order valence-corrected chi connectivity index (χ3v) is 6.42. The Balaban J connectivity index is 1.45. The lowest BCUT2D eigenvalue weighted by Gasteiger charge is -2.36. The summed E-state index contributed by atoms with van der Waals surface area (Å²) in [4.78, 5) is 11.3. The standard InChI is InChI=1S/C20H28BrNO2/c1-24-20(23)7-3-6-19-15-8-9-16(19)12-18(11-15)22-13-14-4-2-5-17(21)10-14/h2,4-5,10,15-16,18-19,22H,3,6-9,11-13H2,1H3. The average molecular weight is 394 g/mol. The first-order valence-electron chi connectivity index (χ1n) is 9.20. The van der Waals surface area contributed by atoms with E-state index in [1.54, 1.807) is 0 Å². The van der Waals surface area contributed by atoms with E-state index >= 15 is 0 Å². The molecule has 2 fully saturated rings. The van der Waals surface area contributed by atoms with Gasteiger partial charge in [-0.3, -0.25) is 4.79 Å². The van der Waals surface area contributed by atoms with Crippen molar-refractivity contribution in [3.05, 3.63) is 34.3 Å². The smallest absolute Gasteiger partial charge is 0.305 e. The van der Waals surface area contributed by atoms with E-state index in [4.69, 9.17) is 4.74 Å². The summed E-state index contributed by atoms with van der Waals surface area (Å²) in [6, 6.07) is 9.20. The number of methoxy groups -OCH3 is 1. The molecule has 0 heterocycles. The first-order chi connectivity index (χ1) is 11.7. The molecule has 0 amide bonds. The second-order valence-corrected chi connectivity index (χ2v) is 8.32. The SMILES string of the molecule is COC(=O)CCCC1C2CCC1CC(NCc1cccc(Br)c1)C2. The highest BCUT2D eigenvalue weighted by Gasteiger charge is 2.41. The van der Waals surface area contributed by atoms with Gasteiger partial charge in [-0.05, 0) is 74.0 Å². The van der Waals surface area contributed by atoms with Gasteiger partial charge in [0.1, 0.15) is 0 Å². The number of rotatable bonds is 7. The van der Waals surface area contributed by atoms with Gasteiger partial charge in [0, 0.05) is 23.5 Å². The minimum absolute atomic E-state index is 0.0632. The van der Waals surface area contributed by atoms with Crippen LogP contribution in [0.15, 0.2) is 28.7 Å². The lowest BCUT2D eigenvalue weighted by atomic mass is 9.74. The van der Waals surface area contributed by atoms with E-state index in [1.807, 2.05) is 0 Å². The molecule has 4 heteroatoms. The molecule has 0 aromatic heterocycles. The molecule has 2 aliphatic rings. The normalized spacial score (nSPS) is 28.8. The van der Waals surface area contributed by atoms with E-state index < -0.39 is 0 Å². The molecule has 0 spiro atoms. The summed E-state index contributed by atoms with van der Waals surface area (Å²) in [6.45, 7) is 0.955. The summed E-state index contributed by atoms with van der Waals surface area (Å²) in [5, 5.41) is 3.77. The zero-order valence-corrected chi connectivity index (χ0v) is 16.1. The summed E-state index contributed by atoms with van der Waals surface area (Å²) in [6.07, 6.45) is 8.12. The molecule has 1 aromatic carbocycles. The number of carbonyl (C=O) groups is 1. The van der Waals surface area contributed by atoms with Crippen LogP contribution in [0.4, 0.5) is 0 Å². The van der Waals surface area contributed by atoms with E-state index in [0.29, 0.717) is 12.5 Å². The zero-order chi connectivity index (χ0) is 16.9. The van der Waals surface area contributed by atoms with Gasteiger partial charge in [-0.15, -0.1) is 0 Å². The fourth-order valence-corrected chi connectivity index (χ4v) is 5.23. The van der Waals surface area contributed by atoms with Gasteiger partial charge in [-0.25, -0.2) is 0 Å². The van der Waals surface area contributed by atoms with Crippen molar-refractivity contribution in [2.75, 3.05) is 7.11 Å². The topological polar surface area (TPSA) is 38.3 Å². The largest absolute Gasteiger partial charge is 0.469 e. The number of hydrogen-bond acceptors (Lipinski definition) is 3. The first-order valence-corrected chi connectivity index (χ1v) is 9.99. The van der Waals surface area contributed by atoms with Crippen molar-refractivity contribution < 1.29 is 9.53 Å². The molecule has 1 N–H and O–H groups in total. The number of fused-ring (bicyclic) bond motifs is 2. The Hall–Kier alpha value is -0.870. The second kappa shape index (κ2) is 8.48. The van der Waals surface area contributed by atoms with Crippen molar-refractivity contribution in [3.8, 4) is 0 Å². The van der Waals surface area contributed by atoms with Crippen LogP contribution in [-0.2, 0) is 16.1 Å². The Morgan fingerprint density at radius 1 is 1.29 bits per heavy atom. The second-order valence-electron chi connectivity index (χ2n) is 7.41. The Bertz CT molecular complexity index is 548. The van der Waals surface area contributed by atoms with E-state index in [9.17, 15) is 4.79 Å². The van der Waals surface area contributed by atoms with Gasteiger partial charge in [-0.1, -0.05) is 28.1 Å². The van der Waals surface area contributed by atoms with Crippen LogP contribution in [0.3, 0.4) is 0 Å². The van der Waals surface area contributed by atoms with Gasteiger partial charge in [0.15, 0.2) is 0 Å². The predicted octanol–water partition coefficient (Wildman–Crippen LogP) is 4.69. The Morgan fingerprint density at radius 2 is 2.04 bits per heavy atom. The molecule has 132 valence electrons. The Kier molecular flexibility index (Phi) is 6.34. The van der Waals surface area contributed by atoms with Gasteiger partial charge in [-0.2, -0.15) is 0 Å². The molecule has 2 bridgehead atoms. The minimum atomic E-state index is -0.0632. The van der Waals surface area contributed by atoms with E-state index in [-0.39, 0.29) is 5.97 Å². The number of hydrogen-bond donors (Lipinski definition) is 1. The monoisotopic (exact) mass is 393 g/mol. The van der Waals surface area contributed by atoms with Crippen LogP contribution < -0.4 is 5.32 Å². The van der Waals surface area contributed by atoms with Crippen molar-refractivity contribution >= 4 is 21.9 Å². The van der Waals surface area contributed by atoms with Crippen LogP contribution in [0, 0.1) is 17.8 Å². The fraction of sp³-hybridized carbons (Fsp3) is 0.650. The average Bonchev–Trinajstić information content (AvgIpc) is 2.81. The number of halogens is 1. The van der Waals surface area contributed by atoms with E-state index in [0.717, 1.165) is 35.2 Å². The van der Waals surface area contributed by atoms with Crippen LogP contribution in [0.2, 0.25) is 0 Å². The molecular formula is C20H28BrNO2. The summed E-state index contributed by atoms with van der Waals surface area (Å²) in [7, 11) is 1.48. The fourth-order valence-electron chi connectivity index (χ4n) is 4.78. The third kappa shape index (κ3) is 4.60. The Labute approximate surface area is 153 Å². The van der Waals surface area contributed by atoms with Crippen molar-refractivity contribution in [2.24, 2.45) is 17.8 Å². The highest BCUT2D eigenvalue weighted by Crippen LogP contribution is 2.49. The van der Waals surface area contributed by atoms with Gasteiger partial charge in [0.05, 0.1) is 7.11 Å². The highest BCUT2D eigenvalue weighted by atomic mass is 79.9. The number of esters is 1. The van der Waals surface area contributed by atoms with E-state index in [1.165, 1.54) is 44.8 Å². The molecule has 2 aliphatic carbocycles. The van der Waals surface area contributed by atoms with E-state index in [2.05, 4.69) is 45.5 Å². The maximum Gasteiger partial charge on any atom is 0.305 e. The maximum absolute atomic E-state index is 11.3. The summed E-state index contributed by atoms with van der Waals surface area (Å²) in [5.41, 5.74) is 1.34. The highest BCUT2D eigenvalue weighted by molar-refractivity contribution is 9.10. The van der Waals surface area contributed by atoms with Crippen molar-refractivity contribution in [3.63, 3.8) is 0 Å². The zero-order valence-electron chi connectivity index (χ0n) is 14.5. The molecule has 1 aromatic rings. The van der Waals surface area contributed by atoms with Crippen LogP contribution in [0.5, 0.6) is 0 Å². The lowest BCUT2D eigenvalue weighted by molar-refractivity contribution is -0.140. The number of ether oxygens (including phenoxy) is 1. The van der Waals surface area contributed by atoms with Crippen LogP contribution in [-0.4, -0.2) is 19.1 Å². The van der Waals surface area contributed by atoms with Crippen LogP contribution in [0.25, 0.3) is 0 Å². The van der Waals surface area contributed by atoms with Crippen molar-refractivity contribution in [1.82, 2.24) is 5.32 Å². The molecule has 3 nitrogen and oxygen atoms in total. The quantitative estimate of drug-likeness (QED) is 0.682. The molecular weight excluding hydrogens is 366 g/mol. The molecule has 2 unspecified atom stereocenters. The predicted molar refractivity (Wildman–Crippen MR) is 99.6 cm³/mol. The molecule has 2 atom stereocenters. The van der Waals surface area contributed by atoms with Gasteiger partial charge in [0.2, 0.25) is 0 Å². The molecule has 2 saturated carbocycles. The van der Waals surface area contributed by atoms with Crippen LogP contribution >= 0.6 is 15.9 Å². The maximum atomic E-state index is 11.3. The van der Waals surface area contributed by atoms with Gasteiger partial charge >= 0.3 is 5.97 Å². The first kappa shape index (κ1) is 17.9.